The fourth-order valence-electron chi connectivity index (χ4n) is 3.80. The molecule has 1 aliphatic rings. The molecule has 0 radical (unpaired) electrons. The zero-order valence-corrected chi connectivity index (χ0v) is 21.0. The van der Waals surface area contributed by atoms with Crippen molar-refractivity contribution in [1.82, 2.24) is 14.8 Å². The van der Waals surface area contributed by atoms with Gasteiger partial charge in [-0.2, -0.15) is 8.78 Å². The predicted octanol–water partition coefficient (Wildman–Crippen LogP) is 6.09. The van der Waals surface area contributed by atoms with E-state index in [9.17, 15) is 13.6 Å². The van der Waals surface area contributed by atoms with Crippen molar-refractivity contribution >= 4 is 45.1 Å². The lowest BCUT2D eigenvalue weighted by molar-refractivity contribution is -0.147. The number of aromatic nitrogens is 3. The van der Waals surface area contributed by atoms with E-state index in [4.69, 9.17) is 37.4 Å². The predicted molar refractivity (Wildman–Crippen MR) is 124 cm³/mol. The molecule has 7 nitrogen and oxygen atoms in total. The zero-order valence-electron chi connectivity index (χ0n) is 17.9. The van der Waals surface area contributed by atoms with Crippen LogP contribution in [-0.4, -0.2) is 34.5 Å². The Hall–Kier alpha value is -2.27. The van der Waals surface area contributed by atoms with E-state index < -0.39 is 29.4 Å². The van der Waals surface area contributed by atoms with Gasteiger partial charge in [0.25, 0.3) is 0 Å². The smallest absolute Gasteiger partial charge is 0.382 e. The molecule has 0 saturated carbocycles. The van der Waals surface area contributed by atoms with Crippen LogP contribution in [0.25, 0.3) is 5.69 Å². The number of halogens is 5. The summed E-state index contributed by atoms with van der Waals surface area (Å²) in [5.74, 6) is -0.888. The van der Waals surface area contributed by atoms with Crippen molar-refractivity contribution in [2.75, 3.05) is 13.7 Å². The molecular weight excluding hydrogens is 559 g/mol. The van der Waals surface area contributed by atoms with Crippen molar-refractivity contribution in [2.24, 2.45) is 0 Å². The van der Waals surface area contributed by atoms with Crippen LogP contribution in [0.3, 0.4) is 0 Å². The van der Waals surface area contributed by atoms with Gasteiger partial charge in [-0.1, -0.05) is 23.7 Å². The number of esters is 1. The minimum atomic E-state index is -3.84. The van der Waals surface area contributed by atoms with Crippen molar-refractivity contribution in [3.05, 3.63) is 68.7 Å². The Morgan fingerprint density at radius 2 is 2.03 bits per heavy atom. The number of ether oxygens (including phenoxy) is 3. The molecule has 0 spiro atoms. The highest BCUT2D eigenvalue weighted by molar-refractivity contribution is 9.10. The first-order valence-corrected chi connectivity index (χ1v) is 11.7. The lowest BCUT2D eigenvalue weighted by Gasteiger charge is -2.24. The normalized spacial score (nSPS) is 17.5. The average molecular weight is 577 g/mol. The monoisotopic (exact) mass is 575 g/mol. The van der Waals surface area contributed by atoms with E-state index in [1.807, 2.05) is 0 Å². The maximum absolute atomic E-state index is 14.3. The first-order valence-electron chi connectivity index (χ1n) is 10.1. The minimum absolute atomic E-state index is 0.0199. The molecule has 0 bridgehead atoms. The summed E-state index contributed by atoms with van der Waals surface area (Å²) in [6.45, 7) is 1.80. The van der Waals surface area contributed by atoms with Gasteiger partial charge in [-0.25, -0.2) is 0 Å². The van der Waals surface area contributed by atoms with E-state index in [1.165, 1.54) is 7.11 Å². The molecule has 34 heavy (non-hydrogen) atoms. The number of methoxy groups -OCH3 is 1. The zero-order chi connectivity index (χ0) is 24.6. The molecule has 0 saturated heterocycles. The molecule has 2 aromatic carbocycles. The van der Waals surface area contributed by atoms with E-state index in [2.05, 4.69) is 26.1 Å². The summed E-state index contributed by atoms with van der Waals surface area (Å²) in [6, 6.07) is 9.99. The SMILES string of the molecule is CCOC(=O)C[C@@H]1O[C@@H](c2cccc(OC)c2Br)c2cc(Cl)ccc2-n2c1nnc2C(F)(F)Cl. The molecule has 3 aromatic rings. The van der Waals surface area contributed by atoms with Gasteiger partial charge in [-0.15, -0.1) is 10.2 Å². The molecule has 4 rings (SSSR count). The number of hydrogen-bond acceptors (Lipinski definition) is 6. The van der Waals surface area contributed by atoms with Crippen molar-refractivity contribution in [3.8, 4) is 11.4 Å². The van der Waals surface area contributed by atoms with Crippen molar-refractivity contribution < 1.29 is 27.8 Å². The number of carbonyl (C=O) groups is 1. The maximum atomic E-state index is 14.3. The number of alkyl halides is 3. The van der Waals surface area contributed by atoms with Crippen LogP contribution in [0, 0.1) is 0 Å². The van der Waals surface area contributed by atoms with Gasteiger partial charge in [0, 0.05) is 16.1 Å². The van der Waals surface area contributed by atoms with Crippen molar-refractivity contribution in [3.63, 3.8) is 0 Å². The second-order valence-electron chi connectivity index (χ2n) is 7.30. The highest BCUT2D eigenvalue weighted by Crippen LogP contribution is 2.46. The summed E-state index contributed by atoms with van der Waals surface area (Å²) >= 11 is 15.2. The Morgan fingerprint density at radius 1 is 1.26 bits per heavy atom. The maximum Gasteiger partial charge on any atom is 0.382 e. The van der Waals surface area contributed by atoms with Crippen LogP contribution in [0.15, 0.2) is 40.9 Å². The van der Waals surface area contributed by atoms with Crippen LogP contribution in [0.5, 0.6) is 5.75 Å². The molecule has 1 aromatic heterocycles. The van der Waals surface area contributed by atoms with E-state index in [0.717, 1.165) is 4.57 Å². The number of carbonyl (C=O) groups excluding carboxylic acids is 1. The fourth-order valence-corrected chi connectivity index (χ4v) is 4.74. The van der Waals surface area contributed by atoms with E-state index in [-0.39, 0.29) is 24.5 Å². The van der Waals surface area contributed by atoms with Crippen LogP contribution in [0.1, 0.15) is 48.3 Å². The molecule has 0 fully saturated rings. The van der Waals surface area contributed by atoms with Gasteiger partial charge in [-0.05, 0) is 58.7 Å². The average Bonchev–Trinajstić information content (AvgIpc) is 3.18. The molecule has 12 heteroatoms. The van der Waals surface area contributed by atoms with Crippen LogP contribution in [0.4, 0.5) is 8.78 Å². The Balaban J connectivity index is 1.98. The van der Waals surface area contributed by atoms with Crippen LogP contribution in [0.2, 0.25) is 5.02 Å². The van der Waals surface area contributed by atoms with Gasteiger partial charge >= 0.3 is 11.4 Å². The number of benzene rings is 2. The van der Waals surface area contributed by atoms with E-state index in [0.29, 0.717) is 26.4 Å². The number of fused-ring (bicyclic) bond motifs is 3. The van der Waals surface area contributed by atoms with E-state index >= 15 is 0 Å². The summed E-state index contributed by atoms with van der Waals surface area (Å²) in [6.07, 6.45) is -2.23. The third-order valence-electron chi connectivity index (χ3n) is 5.20. The third kappa shape index (κ3) is 4.64. The summed E-state index contributed by atoms with van der Waals surface area (Å²) in [4.78, 5) is 12.4. The first-order chi connectivity index (χ1) is 16.2. The van der Waals surface area contributed by atoms with Gasteiger partial charge in [0.15, 0.2) is 5.82 Å². The first kappa shape index (κ1) is 24.8. The van der Waals surface area contributed by atoms with Gasteiger partial charge < -0.3 is 14.2 Å². The summed E-state index contributed by atoms with van der Waals surface area (Å²) in [7, 11) is 1.52. The summed E-state index contributed by atoms with van der Waals surface area (Å²) < 4.78 is 47.2. The van der Waals surface area contributed by atoms with E-state index in [1.54, 1.807) is 43.3 Å². The molecule has 0 aliphatic carbocycles. The van der Waals surface area contributed by atoms with Crippen LogP contribution < -0.4 is 4.74 Å². The molecule has 2 atom stereocenters. The standard InChI is InChI=1S/C22H18BrCl2F2N3O4/c1-3-33-17(31)10-16-20-28-29-21(22(25,26)27)30(20)14-8-7-11(24)9-13(14)19(34-16)12-5-4-6-15(32-2)18(12)23/h4-9,16,19H,3,10H2,1-2H3/t16-,19-/m0/s1. The third-order valence-corrected chi connectivity index (χ3v) is 6.45. The second-order valence-corrected chi connectivity index (χ2v) is 9.00. The molecule has 0 amide bonds. The quantitative estimate of drug-likeness (QED) is 0.261. The molecular formula is C22H18BrCl2F2N3O4. The molecule has 0 N–H and O–H groups in total. The lowest BCUT2D eigenvalue weighted by atomic mass is 9.99. The second kappa shape index (κ2) is 9.77. The van der Waals surface area contributed by atoms with Crippen molar-refractivity contribution in [2.45, 2.75) is 30.9 Å². The largest absolute Gasteiger partial charge is 0.496 e. The van der Waals surface area contributed by atoms with Gasteiger partial charge in [0.05, 0.1) is 30.3 Å². The lowest BCUT2D eigenvalue weighted by Crippen LogP contribution is -2.18. The van der Waals surface area contributed by atoms with Crippen LogP contribution >= 0.6 is 39.1 Å². The van der Waals surface area contributed by atoms with Gasteiger partial charge in [-0.3, -0.25) is 9.36 Å². The Bertz CT molecular complexity index is 1240. The highest BCUT2D eigenvalue weighted by atomic mass is 79.9. The van der Waals surface area contributed by atoms with Crippen LogP contribution in [-0.2, 0) is 19.6 Å². The molecule has 2 heterocycles. The molecule has 1 aliphatic heterocycles. The Morgan fingerprint density at radius 3 is 2.71 bits per heavy atom. The summed E-state index contributed by atoms with van der Waals surface area (Å²) in [5, 5.41) is 4.06. The number of nitrogens with zero attached hydrogens (tertiary/aromatic N) is 3. The van der Waals surface area contributed by atoms with Crippen molar-refractivity contribution in [1.29, 1.82) is 0 Å². The number of rotatable bonds is 6. The highest BCUT2D eigenvalue weighted by Gasteiger charge is 2.42. The fraction of sp³-hybridized carbons (Fsp3) is 0.318. The number of hydrogen-bond donors (Lipinski definition) is 0. The van der Waals surface area contributed by atoms with Gasteiger partial charge in [0.1, 0.15) is 18.0 Å². The molecule has 0 unspecified atom stereocenters. The molecule has 180 valence electrons. The Kier molecular flexibility index (Phi) is 7.14. The topological polar surface area (TPSA) is 75.5 Å². The minimum Gasteiger partial charge on any atom is -0.496 e. The summed E-state index contributed by atoms with van der Waals surface area (Å²) in [5.41, 5.74) is 1.34. The van der Waals surface area contributed by atoms with Gasteiger partial charge in [0.2, 0.25) is 5.82 Å². The Labute approximate surface area is 212 Å².